The van der Waals surface area contributed by atoms with E-state index in [4.69, 9.17) is 0 Å². The van der Waals surface area contributed by atoms with Crippen LogP contribution in [-0.2, 0) is 31.5 Å². The Bertz CT molecular complexity index is 908. The Balaban J connectivity index is 1.80. The average Bonchev–Trinajstić information content (AvgIpc) is 3.01. The highest BCUT2D eigenvalue weighted by Gasteiger charge is 2.34. The van der Waals surface area contributed by atoms with Crippen molar-refractivity contribution in [2.24, 2.45) is 14.1 Å². The van der Waals surface area contributed by atoms with E-state index in [9.17, 15) is 18.0 Å². The Morgan fingerprint density at radius 2 is 1.96 bits per heavy atom. The molecule has 0 aliphatic rings. The Labute approximate surface area is 135 Å². The SMILES string of the molecule is Cn1nc(C(F)(F)F)cc1NC(=O)Cc1cn(C)c2ccccc12. The lowest BCUT2D eigenvalue weighted by atomic mass is 10.1. The monoisotopic (exact) mass is 336 g/mol. The number of halogens is 3. The molecule has 0 spiro atoms. The van der Waals surface area contributed by atoms with Crippen LogP contribution in [0.5, 0.6) is 0 Å². The van der Waals surface area contributed by atoms with Crippen LogP contribution in [0.25, 0.3) is 10.9 Å². The zero-order chi connectivity index (χ0) is 17.5. The number of carbonyl (C=O) groups excluding carboxylic acids is 1. The first-order valence-corrected chi connectivity index (χ1v) is 7.19. The summed E-state index contributed by atoms with van der Waals surface area (Å²) in [5.41, 5.74) is 0.759. The number of nitrogens with zero attached hydrogens (tertiary/aromatic N) is 3. The summed E-state index contributed by atoms with van der Waals surface area (Å²) < 4.78 is 40.9. The molecular weight excluding hydrogens is 321 g/mol. The number of anilines is 1. The van der Waals surface area contributed by atoms with Crippen molar-refractivity contribution < 1.29 is 18.0 Å². The third kappa shape index (κ3) is 2.99. The van der Waals surface area contributed by atoms with Crippen LogP contribution in [0.1, 0.15) is 11.3 Å². The second kappa shape index (κ2) is 5.70. The minimum atomic E-state index is -4.55. The van der Waals surface area contributed by atoms with Gasteiger partial charge >= 0.3 is 6.18 Å². The van der Waals surface area contributed by atoms with Gasteiger partial charge in [-0.25, -0.2) is 0 Å². The maximum absolute atomic E-state index is 12.7. The van der Waals surface area contributed by atoms with E-state index >= 15 is 0 Å². The zero-order valence-electron chi connectivity index (χ0n) is 13.1. The zero-order valence-corrected chi connectivity index (χ0v) is 13.1. The minimum Gasteiger partial charge on any atom is -0.350 e. The number of para-hydroxylation sites is 1. The van der Waals surface area contributed by atoms with Gasteiger partial charge in [-0.3, -0.25) is 9.48 Å². The standard InChI is InChI=1S/C16H15F3N4O/c1-22-9-10(11-5-3-4-6-12(11)22)7-15(24)20-14-8-13(16(17,18)19)21-23(14)2/h3-6,8-9H,7H2,1-2H3,(H,20,24). The second-order valence-corrected chi connectivity index (χ2v) is 5.54. The fraction of sp³-hybridized carbons (Fsp3) is 0.250. The summed E-state index contributed by atoms with van der Waals surface area (Å²) in [6, 6.07) is 8.44. The molecule has 8 heteroatoms. The Hall–Kier alpha value is -2.77. The predicted molar refractivity (Wildman–Crippen MR) is 83.5 cm³/mol. The molecule has 0 aliphatic carbocycles. The third-order valence-corrected chi connectivity index (χ3v) is 3.77. The lowest BCUT2D eigenvalue weighted by Crippen LogP contribution is -2.16. The summed E-state index contributed by atoms with van der Waals surface area (Å²) in [7, 11) is 3.23. The number of fused-ring (bicyclic) bond motifs is 1. The first-order chi connectivity index (χ1) is 11.3. The van der Waals surface area contributed by atoms with Crippen LogP contribution in [-0.4, -0.2) is 20.3 Å². The van der Waals surface area contributed by atoms with Crippen LogP contribution in [0.2, 0.25) is 0 Å². The molecule has 2 heterocycles. The number of hydrogen-bond acceptors (Lipinski definition) is 2. The van der Waals surface area contributed by atoms with Gasteiger partial charge in [0.05, 0.1) is 6.42 Å². The van der Waals surface area contributed by atoms with E-state index in [1.807, 2.05) is 42.1 Å². The molecule has 126 valence electrons. The second-order valence-electron chi connectivity index (χ2n) is 5.54. The van der Waals surface area contributed by atoms with Crippen LogP contribution < -0.4 is 5.32 Å². The van der Waals surface area contributed by atoms with Crippen molar-refractivity contribution >= 4 is 22.6 Å². The van der Waals surface area contributed by atoms with Crippen molar-refractivity contribution in [2.45, 2.75) is 12.6 Å². The largest absolute Gasteiger partial charge is 0.435 e. The highest BCUT2D eigenvalue weighted by molar-refractivity contribution is 5.95. The van der Waals surface area contributed by atoms with Gasteiger partial charge in [-0.05, 0) is 11.6 Å². The first kappa shape index (κ1) is 16.1. The van der Waals surface area contributed by atoms with Crippen LogP contribution in [0.4, 0.5) is 19.0 Å². The van der Waals surface area contributed by atoms with E-state index in [0.717, 1.165) is 27.2 Å². The van der Waals surface area contributed by atoms with Crippen molar-refractivity contribution in [3.63, 3.8) is 0 Å². The molecule has 1 amide bonds. The number of aryl methyl sites for hydroxylation is 2. The first-order valence-electron chi connectivity index (χ1n) is 7.19. The lowest BCUT2D eigenvalue weighted by molar-refractivity contribution is -0.141. The number of carbonyl (C=O) groups is 1. The minimum absolute atomic E-state index is 0.00700. The number of nitrogens with one attached hydrogen (secondary N) is 1. The van der Waals surface area contributed by atoms with E-state index in [-0.39, 0.29) is 12.2 Å². The highest BCUT2D eigenvalue weighted by Crippen LogP contribution is 2.29. The maximum Gasteiger partial charge on any atom is 0.435 e. The van der Waals surface area contributed by atoms with Gasteiger partial charge in [0.25, 0.3) is 0 Å². The molecule has 0 saturated carbocycles. The number of benzene rings is 1. The fourth-order valence-corrected chi connectivity index (χ4v) is 2.65. The maximum atomic E-state index is 12.7. The number of rotatable bonds is 3. The Kier molecular flexibility index (Phi) is 3.82. The molecule has 1 N–H and O–H groups in total. The Morgan fingerprint density at radius 1 is 1.25 bits per heavy atom. The molecule has 1 aromatic carbocycles. The van der Waals surface area contributed by atoms with Gasteiger partial charge < -0.3 is 9.88 Å². The molecule has 3 aromatic rings. The van der Waals surface area contributed by atoms with Crippen LogP contribution in [0.3, 0.4) is 0 Å². The molecule has 0 fully saturated rings. The molecule has 0 radical (unpaired) electrons. The molecule has 0 unspecified atom stereocenters. The summed E-state index contributed by atoms with van der Waals surface area (Å²) in [4.78, 5) is 12.2. The summed E-state index contributed by atoms with van der Waals surface area (Å²) in [6.07, 6.45) is -2.64. The Morgan fingerprint density at radius 3 is 2.62 bits per heavy atom. The summed E-state index contributed by atoms with van der Waals surface area (Å²) >= 11 is 0. The van der Waals surface area contributed by atoms with Crippen molar-refractivity contribution in [1.29, 1.82) is 0 Å². The van der Waals surface area contributed by atoms with Gasteiger partial charge in [0, 0.05) is 37.3 Å². The lowest BCUT2D eigenvalue weighted by Gasteiger charge is -2.04. The number of amides is 1. The number of aromatic nitrogens is 3. The van der Waals surface area contributed by atoms with Gasteiger partial charge in [-0.15, -0.1) is 0 Å². The third-order valence-electron chi connectivity index (χ3n) is 3.77. The quantitative estimate of drug-likeness (QED) is 0.799. The summed E-state index contributed by atoms with van der Waals surface area (Å²) in [5.74, 6) is -0.393. The topological polar surface area (TPSA) is 51.9 Å². The average molecular weight is 336 g/mol. The predicted octanol–water partition coefficient (Wildman–Crippen LogP) is 3.11. The molecular formula is C16H15F3N4O. The number of alkyl halides is 3. The van der Waals surface area contributed by atoms with Gasteiger partial charge in [0.1, 0.15) is 5.82 Å². The fourth-order valence-electron chi connectivity index (χ4n) is 2.65. The molecule has 0 aliphatic heterocycles. The molecule has 0 bridgehead atoms. The van der Waals surface area contributed by atoms with Crippen molar-refractivity contribution in [3.05, 3.63) is 47.8 Å². The molecule has 0 saturated heterocycles. The summed E-state index contributed by atoms with van der Waals surface area (Å²) in [6.45, 7) is 0. The molecule has 24 heavy (non-hydrogen) atoms. The van der Waals surface area contributed by atoms with Crippen molar-refractivity contribution in [1.82, 2.24) is 14.3 Å². The van der Waals surface area contributed by atoms with E-state index < -0.39 is 17.8 Å². The molecule has 3 rings (SSSR count). The van der Waals surface area contributed by atoms with Crippen molar-refractivity contribution in [3.8, 4) is 0 Å². The van der Waals surface area contributed by atoms with Crippen LogP contribution in [0, 0.1) is 0 Å². The smallest absolute Gasteiger partial charge is 0.350 e. The van der Waals surface area contributed by atoms with Gasteiger partial charge in [0.15, 0.2) is 5.69 Å². The van der Waals surface area contributed by atoms with Gasteiger partial charge in [-0.2, -0.15) is 18.3 Å². The van der Waals surface area contributed by atoms with Crippen molar-refractivity contribution in [2.75, 3.05) is 5.32 Å². The van der Waals surface area contributed by atoms with Crippen LogP contribution >= 0.6 is 0 Å². The molecule has 0 atom stereocenters. The summed E-state index contributed by atoms with van der Waals surface area (Å²) in [5, 5.41) is 6.79. The van der Waals surface area contributed by atoms with Crippen LogP contribution in [0.15, 0.2) is 36.5 Å². The van der Waals surface area contributed by atoms with E-state index in [1.54, 1.807) is 0 Å². The van der Waals surface area contributed by atoms with E-state index in [0.29, 0.717) is 0 Å². The normalized spacial score (nSPS) is 11.9. The number of hydrogen-bond donors (Lipinski definition) is 1. The van der Waals surface area contributed by atoms with Gasteiger partial charge in [0.2, 0.25) is 5.91 Å². The van der Waals surface area contributed by atoms with E-state index in [2.05, 4.69) is 10.4 Å². The van der Waals surface area contributed by atoms with Gasteiger partial charge in [-0.1, -0.05) is 18.2 Å². The van der Waals surface area contributed by atoms with E-state index in [1.165, 1.54) is 7.05 Å². The molecule has 5 nitrogen and oxygen atoms in total. The molecule has 2 aromatic heterocycles. The highest BCUT2D eigenvalue weighted by atomic mass is 19.4.